The fraction of sp³-hybridized carbons (Fsp3) is 0.0465. The van der Waals surface area contributed by atoms with Crippen molar-refractivity contribution in [2.75, 3.05) is 9.80 Å². The second-order valence-electron chi connectivity index (χ2n) is 23.4. The lowest BCUT2D eigenvalue weighted by molar-refractivity contribution is 0.759. The summed E-state index contributed by atoms with van der Waals surface area (Å²) in [5.74, 6) is 0. The van der Waals surface area contributed by atoms with E-state index in [0.717, 1.165) is 56.4 Å². The van der Waals surface area contributed by atoms with E-state index in [1.54, 1.807) is 0 Å². The van der Waals surface area contributed by atoms with Crippen molar-refractivity contribution in [3.63, 3.8) is 0 Å². The number of hydrogen-bond acceptors (Lipinski definition) is 2. The molecule has 0 N–H and O–H groups in total. The zero-order valence-electron chi connectivity index (χ0n) is 49.5. The van der Waals surface area contributed by atoms with Crippen LogP contribution in [0.3, 0.4) is 0 Å². The van der Waals surface area contributed by atoms with Gasteiger partial charge in [0.1, 0.15) is 0 Å². The molecule has 88 heavy (non-hydrogen) atoms. The van der Waals surface area contributed by atoms with Gasteiger partial charge in [-0.25, -0.2) is 0 Å². The number of fused-ring (bicyclic) bond motifs is 6. The third-order valence-electron chi connectivity index (χ3n) is 18.6. The van der Waals surface area contributed by atoms with Gasteiger partial charge in [0.25, 0.3) is 0 Å². The van der Waals surface area contributed by atoms with Gasteiger partial charge in [0.05, 0.1) is 10.8 Å². The molecule has 2 unspecified atom stereocenters. The van der Waals surface area contributed by atoms with E-state index in [0.29, 0.717) is 0 Å². The SMILES string of the molecule is C=Cc1ccc(C2(c3ccccc3)c3ccccc3-c3ccc(N(c4ccc(-c5ccccc5)cc4)c4ccc(-c5ccc(N(c6ccccc6)c6ccc7c(c6)C(c6ccc(C=C)cc6)(c6cc(C)ccc6C)c6ccccc6-7)cc5)cc4)cc32)cc1. The highest BCUT2D eigenvalue weighted by atomic mass is 15.1. The number of anilines is 6. The molecule has 0 bridgehead atoms. The summed E-state index contributed by atoms with van der Waals surface area (Å²) in [7, 11) is 0. The van der Waals surface area contributed by atoms with Crippen LogP contribution in [-0.2, 0) is 10.8 Å². The molecule has 0 fully saturated rings. The van der Waals surface area contributed by atoms with E-state index in [9.17, 15) is 0 Å². The van der Waals surface area contributed by atoms with Gasteiger partial charge in [-0.05, 0) is 192 Å². The molecule has 0 radical (unpaired) electrons. The van der Waals surface area contributed by atoms with E-state index in [-0.39, 0.29) is 0 Å². The molecular weight excluding hydrogens is 1060 g/mol. The maximum atomic E-state index is 4.11. The number of aryl methyl sites for hydroxylation is 2. The summed E-state index contributed by atoms with van der Waals surface area (Å²) in [6.45, 7) is 12.7. The van der Waals surface area contributed by atoms with Gasteiger partial charge in [-0.3, -0.25) is 0 Å². The maximum Gasteiger partial charge on any atom is 0.0716 e. The van der Waals surface area contributed by atoms with Gasteiger partial charge >= 0.3 is 0 Å². The third-order valence-corrected chi connectivity index (χ3v) is 18.6. The molecule has 2 aliphatic rings. The van der Waals surface area contributed by atoms with Crippen molar-refractivity contribution in [1.82, 2.24) is 0 Å². The molecule has 0 spiro atoms. The molecule has 418 valence electrons. The maximum absolute atomic E-state index is 4.11. The van der Waals surface area contributed by atoms with Gasteiger partial charge in [0.2, 0.25) is 0 Å². The van der Waals surface area contributed by atoms with Crippen LogP contribution in [0.2, 0.25) is 0 Å². The second-order valence-corrected chi connectivity index (χ2v) is 23.4. The van der Waals surface area contributed by atoms with E-state index in [1.807, 2.05) is 12.2 Å². The standard InChI is InChI=1S/C86H64N2/c1-5-61-32-42-68(43-33-61)85(67-22-12-8-13-23-67)80-28-18-16-26-76(80)78-54-52-74(57-83(78)85)88(72-46-36-64(37-47-72)63-20-10-7-11-21-63)73-50-40-66(41-51-73)65-38-48-71(49-39-65)87(70-24-14-9-15-25-70)75-53-55-79-77-27-17-19-29-81(77)86(84(79)58-75,69-44-34-62(6-2)35-45-69)82-56-59(3)30-31-60(82)4/h5-58H,1-2H2,3-4H3. The molecule has 2 atom stereocenters. The minimum absolute atomic E-state index is 0.575. The molecule has 13 aromatic rings. The Morgan fingerprint density at radius 3 is 1.09 bits per heavy atom. The lowest BCUT2D eigenvalue weighted by Crippen LogP contribution is -2.30. The molecule has 0 aliphatic heterocycles. The first kappa shape index (κ1) is 53.7. The summed E-state index contributed by atoms with van der Waals surface area (Å²) < 4.78 is 0. The molecule has 0 saturated carbocycles. The molecule has 0 heterocycles. The first-order chi connectivity index (χ1) is 43.3. The van der Waals surface area contributed by atoms with Crippen LogP contribution in [0.1, 0.15) is 66.8 Å². The van der Waals surface area contributed by atoms with Crippen LogP contribution in [-0.4, -0.2) is 0 Å². The van der Waals surface area contributed by atoms with Crippen molar-refractivity contribution in [3.05, 3.63) is 395 Å². The van der Waals surface area contributed by atoms with Crippen LogP contribution in [0.5, 0.6) is 0 Å². The fourth-order valence-electron chi connectivity index (χ4n) is 14.4. The highest BCUT2D eigenvalue weighted by molar-refractivity contribution is 5.92. The van der Waals surface area contributed by atoms with Crippen LogP contribution in [0.4, 0.5) is 34.1 Å². The van der Waals surface area contributed by atoms with Crippen molar-refractivity contribution >= 4 is 46.3 Å². The molecule has 2 heteroatoms. The highest BCUT2D eigenvalue weighted by Gasteiger charge is 2.48. The molecule has 0 amide bonds. The molecule has 15 rings (SSSR count). The Bertz CT molecular complexity index is 4740. The predicted octanol–water partition coefficient (Wildman–Crippen LogP) is 22.6. The number of nitrogens with zero attached hydrogens (tertiary/aromatic N) is 2. The summed E-state index contributed by atoms with van der Waals surface area (Å²) in [5.41, 5.74) is 29.7. The van der Waals surface area contributed by atoms with Crippen LogP contribution in [0.25, 0.3) is 56.7 Å². The Morgan fingerprint density at radius 1 is 0.261 bits per heavy atom. The largest absolute Gasteiger partial charge is 0.310 e. The van der Waals surface area contributed by atoms with E-state index < -0.39 is 10.8 Å². The van der Waals surface area contributed by atoms with Crippen LogP contribution >= 0.6 is 0 Å². The Morgan fingerprint density at radius 2 is 0.614 bits per heavy atom. The number of rotatable bonds is 14. The van der Waals surface area contributed by atoms with Gasteiger partial charge < -0.3 is 9.80 Å². The monoisotopic (exact) mass is 1120 g/mol. The van der Waals surface area contributed by atoms with Crippen molar-refractivity contribution in [1.29, 1.82) is 0 Å². The predicted molar refractivity (Wildman–Crippen MR) is 371 cm³/mol. The molecule has 2 aliphatic carbocycles. The van der Waals surface area contributed by atoms with Gasteiger partial charge in [0, 0.05) is 34.1 Å². The smallest absolute Gasteiger partial charge is 0.0716 e. The minimum atomic E-state index is -0.576. The average Bonchev–Trinajstić information content (AvgIpc) is 1.56. The van der Waals surface area contributed by atoms with Gasteiger partial charge in [-0.15, -0.1) is 0 Å². The zero-order valence-corrected chi connectivity index (χ0v) is 49.5. The Labute approximate surface area is 517 Å². The second kappa shape index (κ2) is 22.1. The van der Waals surface area contributed by atoms with Crippen molar-refractivity contribution < 1.29 is 0 Å². The Hall–Kier alpha value is -11.1. The first-order valence-corrected chi connectivity index (χ1v) is 30.4. The quantitative estimate of drug-likeness (QED) is 0.107. The average molecular weight is 1130 g/mol. The Kier molecular flexibility index (Phi) is 13.5. The van der Waals surface area contributed by atoms with Crippen molar-refractivity contribution in [2.45, 2.75) is 24.7 Å². The van der Waals surface area contributed by atoms with Crippen molar-refractivity contribution in [2.24, 2.45) is 0 Å². The van der Waals surface area contributed by atoms with Crippen LogP contribution < -0.4 is 9.80 Å². The zero-order chi connectivity index (χ0) is 59.3. The van der Waals surface area contributed by atoms with E-state index >= 15 is 0 Å². The minimum Gasteiger partial charge on any atom is -0.310 e. The highest BCUT2D eigenvalue weighted by Crippen LogP contribution is 2.60. The topological polar surface area (TPSA) is 6.48 Å². The van der Waals surface area contributed by atoms with E-state index in [4.69, 9.17) is 0 Å². The molecule has 0 aromatic heterocycles. The summed E-state index contributed by atoms with van der Waals surface area (Å²) in [4.78, 5) is 4.82. The molecule has 0 saturated heterocycles. The summed E-state index contributed by atoms with van der Waals surface area (Å²) >= 11 is 0. The third kappa shape index (κ3) is 8.79. The Balaban J connectivity index is 0.832. The van der Waals surface area contributed by atoms with E-state index in [2.05, 4.69) is 352 Å². The molecular formula is C86H64N2. The number of benzene rings is 13. The van der Waals surface area contributed by atoms with Crippen LogP contribution in [0.15, 0.2) is 329 Å². The normalized spacial score (nSPS) is 15.1. The van der Waals surface area contributed by atoms with Crippen LogP contribution in [0, 0.1) is 13.8 Å². The summed E-state index contributed by atoms with van der Waals surface area (Å²) in [6.07, 6.45) is 3.85. The number of hydrogen-bond donors (Lipinski definition) is 0. The summed E-state index contributed by atoms with van der Waals surface area (Å²) in [6, 6.07) is 117. The molecule has 13 aromatic carbocycles. The lowest BCUT2D eigenvalue weighted by atomic mass is 9.66. The molecule has 2 nitrogen and oxygen atoms in total. The number of para-hydroxylation sites is 1. The van der Waals surface area contributed by atoms with Gasteiger partial charge in [0.15, 0.2) is 0 Å². The van der Waals surface area contributed by atoms with Gasteiger partial charge in [-0.2, -0.15) is 0 Å². The van der Waals surface area contributed by atoms with Crippen molar-refractivity contribution in [3.8, 4) is 44.5 Å². The van der Waals surface area contributed by atoms with E-state index in [1.165, 1.54) is 89.0 Å². The van der Waals surface area contributed by atoms with Gasteiger partial charge in [-0.1, -0.05) is 274 Å². The lowest BCUT2D eigenvalue weighted by Gasteiger charge is -2.36. The first-order valence-electron chi connectivity index (χ1n) is 30.4. The summed E-state index contributed by atoms with van der Waals surface area (Å²) in [5, 5.41) is 0. The fourth-order valence-corrected chi connectivity index (χ4v) is 14.4.